The van der Waals surface area contributed by atoms with Crippen molar-refractivity contribution in [2.24, 2.45) is 0 Å². The van der Waals surface area contributed by atoms with Crippen LogP contribution in [0.15, 0.2) is 36.4 Å². The molecule has 0 radical (unpaired) electrons. The summed E-state index contributed by atoms with van der Waals surface area (Å²) >= 11 is 0. The molecule has 1 unspecified atom stereocenters. The highest BCUT2D eigenvalue weighted by Gasteiger charge is 2.20. The summed E-state index contributed by atoms with van der Waals surface area (Å²) in [6, 6.07) is 6.57. The average molecular weight is 295 g/mol. The van der Waals surface area contributed by atoms with E-state index in [0.717, 1.165) is 0 Å². The zero-order chi connectivity index (χ0) is 15.7. The van der Waals surface area contributed by atoms with Gasteiger partial charge in [-0.1, -0.05) is 30.4 Å². The van der Waals surface area contributed by atoms with E-state index in [-0.39, 0.29) is 38.8 Å². The van der Waals surface area contributed by atoms with Crippen LogP contribution in [-0.2, 0) is 0 Å². The van der Waals surface area contributed by atoms with Gasteiger partial charge < -0.3 is 25.3 Å². The second-order valence-electron chi connectivity index (χ2n) is 4.38. The number of hydrogen-bond donors (Lipinski definition) is 4. The normalized spacial score (nSPS) is 12.6. The molecule has 6 nitrogen and oxygen atoms in total. The lowest BCUT2D eigenvalue weighted by Gasteiger charge is -2.22. The Morgan fingerprint density at radius 3 is 2.33 bits per heavy atom. The van der Waals surface area contributed by atoms with Crippen LogP contribution in [0.4, 0.5) is 0 Å². The molecule has 1 aromatic carbocycles. The molecule has 0 heterocycles. The Hall–Kier alpha value is -1.73. The third kappa shape index (κ3) is 4.95. The molecular formula is C15H21NO5. The number of hydrogen-bond acceptors (Lipinski definition) is 5. The van der Waals surface area contributed by atoms with Gasteiger partial charge in [0.05, 0.1) is 25.9 Å². The third-order valence-corrected chi connectivity index (χ3v) is 2.96. The number of carbonyl (C=O) groups is 1. The standard InChI is InChI=1S/C15H21NO5/c17-9-3-6-14(20)12-4-1-2-5-13(12)15(21)16(7-10-18)8-11-19/h1-6,14,17-20H,7-11H2. The molecule has 116 valence electrons. The first-order chi connectivity index (χ1) is 10.2. The summed E-state index contributed by atoms with van der Waals surface area (Å²) in [5.41, 5.74) is 0.711. The molecule has 0 aliphatic rings. The van der Waals surface area contributed by atoms with Gasteiger partial charge in [0.1, 0.15) is 0 Å². The predicted molar refractivity (Wildman–Crippen MR) is 77.7 cm³/mol. The number of benzene rings is 1. The Kier molecular flexibility index (Phi) is 7.63. The van der Waals surface area contributed by atoms with Gasteiger partial charge in [-0.15, -0.1) is 0 Å². The summed E-state index contributed by atoms with van der Waals surface area (Å²) in [6.07, 6.45) is 1.78. The van der Waals surface area contributed by atoms with Crippen molar-refractivity contribution in [1.82, 2.24) is 4.90 Å². The zero-order valence-electron chi connectivity index (χ0n) is 11.7. The largest absolute Gasteiger partial charge is 0.395 e. The SMILES string of the molecule is O=C(c1ccccc1C(O)C=CCO)N(CCO)CCO. The molecule has 0 spiro atoms. The average Bonchev–Trinajstić information content (AvgIpc) is 2.51. The van der Waals surface area contributed by atoms with Crippen LogP contribution >= 0.6 is 0 Å². The van der Waals surface area contributed by atoms with E-state index >= 15 is 0 Å². The van der Waals surface area contributed by atoms with Gasteiger partial charge in [0.2, 0.25) is 0 Å². The molecule has 0 aromatic heterocycles. The maximum Gasteiger partial charge on any atom is 0.254 e. The Morgan fingerprint density at radius 2 is 1.76 bits per heavy atom. The molecule has 0 aliphatic heterocycles. The smallest absolute Gasteiger partial charge is 0.254 e. The highest BCUT2D eigenvalue weighted by molar-refractivity contribution is 5.96. The molecule has 0 bridgehead atoms. The third-order valence-electron chi connectivity index (χ3n) is 2.96. The van der Waals surface area contributed by atoms with Crippen molar-refractivity contribution in [2.45, 2.75) is 6.10 Å². The van der Waals surface area contributed by atoms with Gasteiger partial charge >= 0.3 is 0 Å². The van der Waals surface area contributed by atoms with Crippen LogP contribution in [0.3, 0.4) is 0 Å². The van der Waals surface area contributed by atoms with E-state index in [4.69, 9.17) is 15.3 Å². The molecule has 1 rings (SSSR count). The van der Waals surface area contributed by atoms with E-state index in [0.29, 0.717) is 11.1 Å². The molecular weight excluding hydrogens is 274 g/mol. The van der Waals surface area contributed by atoms with E-state index in [1.165, 1.54) is 17.1 Å². The zero-order valence-corrected chi connectivity index (χ0v) is 11.7. The maximum atomic E-state index is 12.4. The lowest BCUT2D eigenvalue weighted by atomic mass is 10.0. The van der Waals surface area contributed by atoms with Crippen molar-refractivity contribution in [3.63, 3.8) is 0 Å². The van der Waals surface area contributed by atoms with Gasteiger partial charge in [-0.3, -0.25) is 4.79 Å². The summed E-state index contributed by atoms with van der Waals surface area (Å²) in [5.74, 6) is -0.370. The molecule has 0 aliphatic carbocycles. The minimum atomic E-state index is -1.01. The molecule has 0 saturated heterocycles. The molecule has 21 heavy (non-hydrogen) atoms. The number of rotatable bonds is 8. The van der Waals surface area contributed by atoms with Crippen molar-refractivity contribution in [2.75, 3.05) is 32.9 Å². The first kappa shape index (κ1) is 17.3. The Balaban J connectivity index is 3.05. The van der Waals surface area contributed by atoms with Crippen molar-refractivity contribution < 1.29 is 25.2 Å². The first-order valence-electron chi connectivity index (χ1n) is 6.71. The number of aliphatic hydroxyl groups is 4. The van der Waals surface area contributed by atoms with Crippen LogP contribution in [0, 0.1) is 0 Å². The van der Waals surface area contributed by atoms with Gasteiger partial charge in [-0.2, -0.15) is 0 Å². The van der Waals surface area contributed by atoms with Gasteiger partial charge in [0.15, 0.2) is 0 Å². The van der Waals surface area contributed by atoms with Crippen LogP contribution < -0.4 is 0 Å². The van der Waals surface area contributed by atoms with Crippen molar-refractivity contribution >= 4 is 5.91 Å². The van der Waals surface area contributed by atoms with Crippen LogP contribution in [-0.4, -0.2) is 64.1 Å². The molecule has 0 fully saturated rings. The minimum absolute atomic E-state index is 0.107. The van der Waals surface area contributed by atoms with E-state index < -0.39 is 6.10 Å². The van der Waals surface area contributed by atoms with Crippen LogP contribution in [0.1, 0.15) is 22.0 Å². The molecule has 1 aromatic rings. The summed E-state index contributed by atoms with van der Waals surface area (Å²) in [4.78, 5) is 13.8. The van der Waals surface area contributed by atoms with Crippen LogP contribution in [0.2, 0.25) is 0 Å². The maximum absolute atomic E-state index is 12.4. The van der Waals surface area contributed by atoms with Crippen molar-refractivity contribution in [3.8, 4) is 0 Å². The molecule has 6 heteroatoms. The summed E-state index contributed by atoms with van der Waals surface area (Å²) < 4.78 is 0. The summed E-state index contributed by atoms with van der Waals surface area (Å²) in [6.45, 7) is -0.400. The van der Waals surface area contributed by atoms with Gasteiger partial charge in [0.25, 0.3) is 5.91 Å². The van der Waals surface area contributed by atoms with E-state index in [2.05, 4.69) is 0 Å². The Bertz CT molecular complexity index is 469. The molecule has 1 amide bonds. The molecule has 0 saturated carbocycles. The highest BCUT2D eigenvalue weighted by atomic mass is 16.3. The van der Waals surface area contributed by atoms with Crippen LogP contribution in [0.5, 0.6) is 0 Å². The van der Waals surface area contributed by atoms with Gasteiger partial charge in [-0.05, 0) is 11.6 Å². The van der Waals surface area contributed by atoms with Crippen LogP contribution in [0.25, 0.3) is 0 Å². The van der Waals surface area contributed by atoms with Crippen molar-refractivity contribution in [3.05, 3.63) is 47.5 Å². The fourth-order valence-electron chi connectivity index (χ4n) is 1.97. The number of nitrogens with zero attached hydrogens (tertiary/aromatic N) is 1. The second-order valence-corrected chi connectivity index (χ2v) is 4.38. The number of carbonyl (C=O) groups excluding carboxylic acids is 1. The fraction of sp³-hybridized carbons (Fsp3) is 0.400. The summed E-state index contributed by atoms with van der Waals surface area (Å²) in [7, 11) is 0. The van der Waals surface area contributed by atoms with Gasteiger partial charge in [0, 0.05) is 18.7 Å². The topological polar surface area (TPSA) is 101 Å². The van der Waals surface area contributed by atoms with Gasteiger partial charge in [-0.25, -0.2) is 0 Å². The number of amides is 1. The fourth-order valence-corrected chi connectivity index (χ4v) is 1.97. The molecule has 4 N–H and O–H groups in total. The highest BCUT2D eigenvalue weighted by Crippen LogP contribution is 2.20. The number of aliphatic hydroxyl groups excluding tert-OH is 4. The Morgan fingerprint density at radius 1 is 1.14 bits per heavy atom. The minimum Gasteiger partial charge on any atom is -0.395 e. The predicted octanol–water partition coefficient (Wildman–Crippen LogP) is -0.305. The lowest BCUT2D eigenvalue weighted by Crippen LogP contribution is -2.36. The Labute approximate surface area is 123 Å². The van der Waals surface area contributed by atoms with E-state index in [1.807, 2.05) is 0 Å². The second kappa shape index (κ2) is 9.25. The molecule has 1 atom stereocenters. The summed E-state index contributed by atoms with van der Waals surface area (Å²) in [5, 5.41) is 36.8. The van der Waals surface area contributed by atoms with Crippen molar-refractivity contribution in [1.29, 1.82) is 0 Å². The van der Waals surface area contributed by atoms with E-state index in [9.17, 15) is 9.90 Å². The lowest BCUT2D eigenvalue weighted by molar-refractivity contribution is 0.0680. The van der Waals surface area contributed by atoms with E-state index in [1.54, 1.807) is 24.3 Å². The monoisotopic (exact) mass is 295 g/mol. The first-order valence-corrected chi connectivity index (χ1v) is 6.71. The quantitative estimate of drug-likeness (QED) is 0.493.